The lowest BCUT2D eigenvalue weighted by molar-refractivity contribution is 0.577. The lowest BCUT2D eigenvalue weighted by Crippen LogP contribution is -2.24. The predicted molar refractivity (Wildman–Crippen MR) is 83.7 cm³/mol. The van der Waals surface area contributed by atoms with Crippen molar-refractivity contribution in [3.05, 3.63) is 54.0 Å². The van der Waals surface area contributed by atoms with Crippen LogP contribution in [-0.4, -0.2) is 23.0 Å². The molecule has 0 amide bonds. The molecular formula is C15H16N4O2S. The number of imidazole rings is 1. The third-order valence-electron chi connectivity index (χ3n) is 3.44. The number of fused-ring (bicyclic) bond motifs is 1. The van der Waals surface area contributed by atoms with Gasteiger partial charge < -0.3 is 4.57 Å². The van der Waals surface area contributed by atoms with Crippen LogP contribution in [0.2, 0.25) is 0 Å². The van der Waals surface area contributed by atoms with Gasteiger partial charge >= 0.3 is 0 Å². The van der Waals surface area contributed by atoms with Crippen LogP contribution in [0.5, 0.6) is 0 Å². The summed E-state index contributed by atoms with van der Waals surface area (Å²) in [5, 5.41) is 0. The number of rotatable bonds is 4. The quantitative estimate of drug-likeness (QED) is 0.795. The van der Waals surface area contributed by atoms with Crippen molar-refractivity contribution in [2.75, 3.05) is 0 Å². The Hall–Kier alpha value is -2.25. The molecule has 0 saturated heterocycles. The van der Waals surface area contributed by atoms with Gasteiger partial charge in [-0.15, -0.1) is 0 Å². The second-order valence-electron chi connectivity index (χ2n) is 5.07. The van der Waals surface area contributed by atoms with E-state index < -0.39 is 10.0 Å². The minimum Gasteiger partial charge on any atom is -0.315 e. The Morgan fingerprint density at radius 1 is 1.23 bits per heavy atom. The molecule has 0 spiro atoms. The van der Waals surface area contributed by atoms with Crippen molar-refractivity contribution in [3.8, 4) is 0 Å². The highest BCUT2D eigenvalue weighted by Crippen LogP contribution is 2.14. The molecule has 0 saturated carbocycles. The number of benzene rings is 1. The number of hydrogen-bond acceptors (Lipinski definition) is 4. The van der Waals surface area contributed by atoms with Crippen LogP contribution in [0, 0.1) is 6.92 Å². The van der Waals surface area contributed by atoms with Crippen molar-refractivity contribution in [3.63, 3.8) is 0 Å². The predicted octanol–water partition coefficient (Wildman–Crippen LogP) is 1.76. The van der Waals surface area contributed by atoms with E-state index >= 15 is 0 Å². The average molecular weight is 316 g/mol. The van der Waals surface area contributed by atoms with Crippen molar-refractivity contribution in [1.82, 2.24) is 19.3 Å². The van der Waals surface area contributed by atoms with Gasteiger partial charge in [-0.25, -0.2) is 23.1 Å². The minimum atomic E-state index is -3.56. The summed E-state index contributed by atoms with van der Waals surface area (Å²) in [6.45, 7) is 1.97. The Morgan fingerprint density at radius 3 is 2.77 bits per heavy atom. The van der Waals surface area contributed by atoms with Gasteiger partial charge in [0.1, 0.15) is 11.3 Å². The van der Waals surface area contributed by atoms with E-state index in [1.165, 1.54) is 0 Å². The van der Waals surface area contributed by atoms with E-state index in [1.54, 1.807) is 35.0 Å². The molecule has 0 unspecified atom stereocenters. The Balaban J connectivity index is 1.86. The fourth-order valence-electron chi connectivity index (χ4n) is 2.25. The molecule has 0 aliphatic rings. The zero-order chi connectivity index (χ0) is 15.7. The molecule has 6 nitrogen and oxygen atoms in total. The first-order valence-corrected chi connectivity index (χ1v) is 8.28. The number of aryl methyl sites for hydroxylation is 2. The Morgan fingerprint density at radius 2 is 2.05 bits per heavy atom. The molecule has 1 N–H and O–H groups in total. The maximum atomic E-state index is 12.3. The highest BCUT2D eigenvalue weighted by Gasteiger charge is 2.16. The number of nitrogens with one attached hydrogen (secondary N) is 1. The average Bonchev–Trinajstić information content (AvgIpc) is 2.82. The van der Waals surface area contributed by atoms with Gasteiger partial charge in [-0.1, -0.05) is 12.1 Å². The molecule has 3 aromatic rings. The van der Waals surface area contributed by atoms with E-state index in [0.717, 1.165) is 16.7 Å². The summed E-state index contributed by atoms with van der Waals surface area (Å²) in [7, 11) is -1.74. The summed E-state index contributed by atoms with van der Waals surface area (Å²) < 4.78 is 29.0. The number of sulfonamides is 1. The lowest BCUT2D eigenvalue weighted by Gasteiger charge is -2.07. The third kappa shape index (κ3) is 2.72. The van der Waals surface area contributed by atoms with Gasteiger partial charge in [0.2, 0.25) is 10.0 Å². The molecule has 114 valence electrons. The van der Waals surface area contributed by atoms with Crippen molar-refractivity contribution in [1.29, 1.82) is 0 Å². The first-order valence-electron chi connectivity index (χ1n) is 6.80. The Bertz CT molecular complexity index is 932. The van der Waals surface area contributed by atoms with Crippen LogP contribution in [0.15, 0.2) is 47.5 Å². The van der Waals surface area contributed by atoms with Gasteiger partial charge in [0.25, 0.3) is 0 Å². The molecule has 1 aromatic carbocycles. The Kier molecular flexibility index (Phi) is 3.67. The summed E-state index contributed by atoms with van der Waals surface area (Å²) >= 11 is 0. The Labute approximate surface area is 128 Å². The molecule has 7 heteroatoms. The van der Waals surface area contributed by atoms with E-state index in [0.29, 0.717) is 5.82 Å². The third-order valence-corrected chi connectivity index (χ3v) is 4.84. The molecule has 3 rings (SSSR count). The van der Waals surface area contributed by atoms with Gasteiger partial charge in [0, 0.05) is 13.2 Å². The molecule has 2 heterocycles. The van der Waals surface area contributed by atoms with E-state index in [1.807, 2.05) is 26.1 Å². The molecule has 0 radical (unpaired) electrons. The van der Waals surface area contributed by atoms with E-state index in [-0.39, 0.29) is 11.4 Å². The second kappa shape index (κ2) is 5.51. The minimum absolute atomic E-state index is 0.114. The number of nitrogens with zero attached hydrogens (tertiary/aromatic N) is 3. The topological polar surface area (TPSA) is 76.9 Å². The SMILES string of the molecule is Cc1cccc(S(=O)(=O)NCc2nc3cccnc3n2C)c1. The van der Waals surface area contributed by atoms with Crippen LogP contribution in [0.25, 0.3) is 11.2 Å². The zero-order valence-electron chi connectivity index (χ0n) is 12.3. The largest absolute Gasteiger partial charge is 0.315 e. The van der Waals surface area contributed by atoms with E-state index in [9.17, 15) is 8.42 Å². The molecule has 0 fully saturated rings. The fraction of sp³-hybridized carbons (Fsp3) is 0.200. The van der Waals surface area contributed by atoms with Crippen molar-refractivity contribution < 1.29 is 8.42 Å². The summed E-state index contributed by atoms with van der Waals surface area (Å²) in [5.74, 6) is 0.616. The molecular weight excluding hydrogens is 300 g/mol. The monoisotopic (exact) mass is 316 g/mol. The van der Waals surface area contributed by atoms with Gasteiger partial charge in [-0.3, -0.25) is 0 Å². The van der Waals surface area contributed by atoms with Gasteiger partial charge in [-0.05, 0) is 36.8 Å². The summed E-state index contributed by atoms with van der Waals surface area (Å²) in [6, 6.07) is 10.4. The van der Waals surface area contributed by atoms with Gasteiger partial charge in [0.15, 0.2) is 5.65 Å². The molecule has 0 atom stereocenters. The second-order valence-corrected chi connectivity index (χ2v) is 6.84. The number of hydrogen-bond donors (Lipinski definition) is 1. The summed E-state index contributed by atoms with van der Waals surface area (Å²) in [5.41, 5.74) is 2.37. The van der Waals surface area contributed by atoms with Crippen LogP contribution in [0.3, 0.4) is 0 Å². The standard InChI is InChI=1S/C15H16N4O2S/c1-11-5-3-6-12(9-11)22(20,21)17-10-14-18-13-7-4-8-16-15(13)19(14)2/h3-9,17H,10H2,1-2H3. The summed E-state index contributed by atoms with van der Waals surface area (Å²) in [6.07, 6.45) is 1.69. The highest BCUT2D eigenvalue weighted by molar-refractivity contribution is 7.89. The van der Waals surface area contributed by atoms with E-state index in [2.05, 4.69) is 14.7 Å². The summed E-state index contributed by atoms with van der Waals surface area (Å²) in [4.78, 5) is 8.89. The normalized spacial score (nSPS) is 11.9. The van der Waals surface area contributed by atoms with Crippen LogP contribution >= 0.6 is 0 Å². The molecule has 0 aliphatic carbocycles. The van der Waals surface area contributed by atoms with Crippen LogP contribution < -0.4 is 4.72 Å². The first-order chi connectivity index (χ1) is 10.5. The van der Waals surface area contributed by atoms with Gasteiger partial charge in [-0.2, -0.15) is 0 Å². The van der Waals surface area contributed by atoms with Crippen molar-refractivity contribution in [2.45, 2.75) is 18.4 Å². The smallest absolute Gasteiger partial charge is 0.240 e. The highest BCUT2D eigenvalue weighted by atomic mass is 32.2. The first kappa shape index (κ1) is 14.7. The maximum Gasteiger partial charge on any atom is 0.240 e. The molecule has 0 bridgehead atoms. The van der Waals surface area contributed by atoms with Crippen LogP contribution in [-0.2, 0) is 23.6 Å². The van der Waals surface area contributed by atoms with Crippen molar-refractivity contribution >= 4 is 21.2 Å². The molecule has 22 heavy (non-hydrogen) atoms. The van der Waals surface area contributed by atoms with Crippen molar-refractivity contribution in [2.24, 2.45) is 7.05 Å². The van der Waals surface area contributed by atoms with Crippen LogP contribution in [0.4, 0.5) is 0 Å². The number of aromatic nitrogens is 3. The number of pyridine rings is 1. The maximum absolute atomic E-state index is 12.3. The molecule has 2 aromatic heterocycles. The van der Waals surface area contributed by atoms with Gasteiger partial charge in [0.05, 0.1) is 11.4 Å². The zero-order valence-corrected chi connectivity index (χ0v) is 13.1. The van der Waals surface area contributed by atoms with Crippen LogP contribution in [0.1, 0.15) is 11.4 Å². The lowest BCUT2D eigenvalue weighted by atomic mass is 10.2. The molecule has 0 aliphatic heterocycles. The fourth-order valence-corrected chi connectivity index (χ4v) is 3.34. The van der Waals surface area contributed by atoms with E-state index in [4.69, 9.17) is 0 Å².